The molecule has 30 heavy (non-hydrogen) atoms. The van der Waals surface area contributed by atoms with E-state index in [4.69, 9.17) is 9.47 Å². The van der Waals surface area contributed by atoms with E-state index in [1.54, 1.807) is 54.6 Å². The topological polar surface area (TPSA) is 50.8 Å². The Bertz CT molecular complexity index is 1030. The van der Waals surface area contributed by atoms with Crippen LogP contribution < -0.4 is 19.7 Å². The van der Waals surface area contributed by atoms with Crippen molar-refractivity contribution in [3.05, 3.63) is 83.9 Å². The van der Waals surface area contributed by atoms with Crippen LogP contribution in [0.5, 0.6) is 11.5 Å². The molecule has 0 saturated heterocycles. The number of nitrogens with zero attached hydrogens (tertiary/aromatic N) is 1. The van der Waals surface area contributed by atoms with E-state index in [0.29, 0.717) is 22.7 Å². The predicted molar refractivity (Wildman–Crippen MR) is 112 cm³/mol. The molecule has 0 fully saturated rings. The van der Waals surface area contributed by atoms with Crippen molar-refractivity contribution in [2.45, 2.75) is 6.54 Å². The second-order valence-corrected chi connectivity index (χ2v) is 6.51. The van der Waals surface area contributed by atoms with Crippen LogP contribution in [0.2, 0.25) is 0 Å². The Labute approximate surface area is 173 Å². The fraction of sp³-hybridized carbons (Fsp3) is 0.174. The van der Waals surface area contributed by atoms with Crippen molar-refractivity contribution in [3.8, 4) is 11.5 Å². The van der Waals surface area contributed by atoms with Crippen molar-refractivity contribution in [2.75, 3.05) is 31.0 Å². The van der Waals surface area contributed by atoms with Crippen LogP contribution in [0.4, 0.5) is 20.2 Å². The van der Waals surface area contributed by atoms with E-state index >= 15 is 0 Å². The third-order valence-corrected chi connectivity index (χ3v) is 4.53. The number of rotatable bonds is 8. The molecule has 7 heteroatoms. The molecule has 0 atom stereocenters. The lowest BCUT2D eigenvalue weighted by Crippen LogP contribution is -2.33. The highest BCUT2D eigenvalue weighted by Crippen LogP contribution is 2.29. The van der Waals surface area contributed by atoms with Gasteiger partial charge in [-0.2, -0.15) is 0 Å². The summed E-state index contributed by atoms with van der Waals surface area (Å²) >= 11 is 0. The summed E-state index contributed by atoms with van der Waals surface area (Å²) in [5, 5.41) is 2.76. The Hall–Kier alpha value is -3.61. The zero-order chi connectivity index (χ0) is 21.5. The molecule has 156 valence electrons. The smallest absolute Gasteiger partial charge is 0.244 e. The van der Waals surface area contributed by atoms with Gasteiger partial charge in [-0.15, -0.1) is 0 Å². The number of methoxy groups -OCH3 is 2. The minimum atomic E-state index is -0.497. The van der Waals surface area contributed by atoms with Crippen LogP contribution in [0.3, 0.4) is 0 Å². The first-order chi connectivity index (χ1) is 14.5. The highest BCUT2D eigenvalue weighted by Gasteiger charge is 2.18. The number of amides is 1. The van der Waals surface area contributed by atoms with Crippen molar-refractivity contribution < 1.29 is 23.0 Å². The highest BCUT2D eigenvalue weighted by molar-refractivity contribution is 5.95. The SMILES string of the molecule is COc1ccc(NC(=O)CN(Cc2ccccc2F)c2ccccc2F)c(OC)c1. The summed E-state index contributed by atoms with van der Waals surface area (Å²) in [5.41, 5.74) is 1.01. The van der Waals surface area contributed by atoms with Gasteiger partial charge in [0.1, 0.15) is 23.1 Å². The summed E-state index contributed by atoms with van der Waals surface area (Å²) in [4.78, 5) is 14.2. The van der Waals surface area contributed by atoms with Crippen LogP contribution in [-0.2, 0) is 11.3 Å². The number of carbonyl (C=O) groups excluding carboxylic acids is 1. The maximum absolute atomic E-state index is 14.4. The summed E-state index contributed by atoms with van der Waals surface area (Å²) in [6.45, 7) is -0.161. The van der Waals surface area contributed by atoms with E-state index in [0.717, 1.165) is 0 Å². The number of carbonyl (C=O) groups is 1. The van der Waals surface area contributed by atoms with Crippen molar-refractivity contribution in [1.29, 1.82) is 0 Å². The Morgan fingerprint density at radius 3 is 2.30 bits per heavy atom. The molecule has 0 unspecified atom stereocenters. The molecule has 3 aromatic rings. The molecule has 0 heterocycles. The molecule has 0 spiro atoms. The van der Waals surface area contributed by atoms with E-state index in [-0.39, 0.29) is 18.8 Å². The Morgan fingerprint density at radius 1 is 0.933 bits per heavy atom. The molecule has 0 radical (unpaired) electrons. The molecule has 0 aliphatic rings. The normalized spacial score (nSPS) is 10.4. The number of para-hydroxylation sites is 1. The second-order valence-electron chi connectivity index (χ2n) is 6.51. The molecule has 5 nitrogen and oxygen atoms in total. The number of hydrogen-bond donors (Lipinski definition) is 1. The number of hydrogen-bond acceptors (Lipinski definition) is 4. The standard InChI is InChI=1S/C23H22F2N2O3/c1-29-17-11-12-20(22(13-17)30-2)26-23(28)15-27(21-10-6-5-9-19(21)25)14-16-7-3-4-8-18(16)24/h3-13H,14-15H2,1-2H3,(H,26,28). The predicted octanol–water partition coefficient (Wildman–Crippen LogP) is 4.63. The fourth-order valence-corrected chi connectivity index (χ4v) is 3.03. The molecule has 0 saturated carbocycles. The van der Waals surface area contributed by atoms with Crippen molar-refractivity contribution >= 4 is 17.3 Å². The van der Waals surface area contributed by atoms with Gasteiger partial charge in [0.15, 0.2) is 0 Å². The zero-order valence-electron chi connectivity index (χ0n) is 16.7. The second kappa shape index (κ2) is 9.73. The van der Waals surface area contributed by atoms with Gasteiger partial charge in [-0.05, 0) is 30.3 Å². The third-order valence-electron chi connectivity index (χ3n) is 4.53. The van der Waals surface area contributed by atoms with Crippen LogP contribution in [-0.4, -0.2) is 26.7 Å². The Balaban J connectivity index is 1.83. The van der Waals surface area contributed by atoms with E-state index in [2.05, 4.69) is 5.32 Å². The maximum atomic E-state index is 14.4. The molecular weight excluding hydrogens is 390 g/mol. The van der Waals surface area contributed by atoms with Gasteiger partial charge in [-0.25, -0.2) is 8.78 Å². The lowest BCUT2D eigenvalue weighted by Gasteiger charge is -2.25. The Morgan fingerprint density at radius 2 is 1.63 bits per heavy atom. The van der Waals surface area contributed by atoms with E-state index < -0.39 is 17.5 Å². The Kier molecular flexibility index (Phi) is 6.85. The van der Waals surface area contributed by atoms with Crippen molar-refractivity contribution in [2.24, 2.45) is 0 Å². The molecule has 0 aromatic heterocycles. The van der Waals surface area contributed by atoms with Crippen molar-refractivity contribution in [3.63, 3.8) is 0 Å². The molecule has 0 bridgehead atoms. The summed E-state index contributed by atoms with van der Waals surface area (Å²) in [7, 11) is 3.01. The van der Waals surface area contributed by atoms with Crippen LogP contribution >= 0.6 is 0 Å². The quantitative estimate of drug-likeness (QED) is 0.586. The maximum Gasteiger partial charge on any atom is 0.244 e. The molecule has 3 rings (SSSR count). The molecule has 1 amide bonds. The third kappa shape index (κ3) is 5.05. The molecule has 1 N–H and O–H groups in total. The number of benzene rings is 3. The fourth-order valence-electron chi connectivity index (χ4n) is 3.03. The highest BCUT2D eigenvalue weighted by atomic mass is 19.1. The van der Waals surface area contributed by atoms with Gasteiger partial charge >= 0.3 is 0 Å². The van der Waals surface area contributed by atoms with Crippen LogP contribution in [0, 0.1) is 11.6 Å². The number of nitrogens with one attached hydrogen (secondary N) is 1. The van der Waals surface area contributed by atoms with E-state index in [9.17, 15) is 13.6 Å². The van der Waals surface area contributed by atoms with Crippen molar-refractivity contribution in [1.82, 2.24) is 0 Å². The average Bonchev–Trinajstić information content (AvgIpc) is 2.75. The van der Waals surface area contributed by atoms with Gasteiger partial charge in [-0.3, -0.25) is 4.79 Å². The number of ether oxygens (including phenoxy) is 2. The van der Waals surface area contributed by atoms with Gasteiger partial charge < -0.3 is 19.7 Å². The van der Waals surface area contributed by atoms with Gasteiger partial charge in [0.05, 0.1) is 32.1 Å². The molecule has 0 aliphatic carbocycles. The molecule has 3 aromatic carbocycles. The van der Waals surface area contributed by atoms with E-state index in [1.807, 2.05) is 0 Å². The minimum absolute atomic E-state index is 0.0285. The summed E-state index contributed by atoms with van der Waals surface area (Å²) in [6, 6.07) is 17.3. The average molecular weight is 412 g/mol. The van der Waals surface area contributed by atoms with Gasteiger partial charge in [0.25, 0.3) is 0 Å². The summed E-state index contributed by atoms with van der Waals surface area (Å²) in [6.07, 6.45) is 0. The first-order valence-electron chi connectivity index (χ1n) is 9.26. The lowest BCUT2D eigenvalue weighted by atomic mass is 10.1. The van der Waals surface area contributed by atoms with E-state index in [1.165, 1.54) is 31.3 Å². The first-order valence-corrected chi connectivity index (χ1v) is 9.26. The lowest BCUT2D eigenvalue weighted by molar-refractivity contribution is -0.115. The molecular formula is C23H22F2N2O3. The van der Waals surface area contributed by atoms with Crippen LogP contribution in [0.1, 0.15) is 5.56 Å². The van der Waals surface area contributed by atoms with Crippen LogP contribution in [0.25, 0.3) is 0 Å². The van der Waals surface area contributed by atoms with Crippen LogP contribution in [0.15, 0.2) is 66.7 Å². The molecule has 0 aliphatic heterocycles. The minimum Gasteiger partial charge on any atom is -0.497 e. The van der Waals surface area contributed by atoms with Gasteiger partial charge in [0.2, 0.25) is 5.91 Å². The monoisotopic (exact) mass is 412 g/mol. The number of anilines is 2. The van der Waals surface area contributed by atoms with Gasteiger partial charge in [0, 0.05) is 18.2 Å². The summed E-state index contributed by atoms with van der Waals surface area (Å²) in [5.74, 6) is -0.315. The first kappa shape index (κ1) is 21.1. The largest absolute Gasteiger partial charge is 0.497 e. The number of halogens is 2. The zero-order valence-corrected chi connectivity index (χ0v) is 16.7. The van der Waals surface area contributed by atoms with Gasteiger partial charge in [-0.1, -0.05) is 30.3 Å². The summed E-state index contributed by atoms with van der Waals surface area (Å²) < 4.78 is 39.0.